The van der Waals surface area contributed by atoms with Gasteiger partial charge in [0, 0.05) is 46.4 Å². The fraction of sp³-hybridized carbons (Fsp3) is 0.0417. The smallest absolute Gasteiger partial charge is 0.177 e. The van der Waals surface area contributed by atoms with Crippen LogP contribution in [0.1, 0.15) is 17.1 Å². The van der Waals surface area contributed by atoms with E-state index in [0.29, 0.717) is 17.8 Å². The van der Waals surface area contributed by atoms with Gasteiger partial charge in [0.05, 0.1) is 5.52 Å². The lowest BCUT2D eigenvalue weighted by molar-refractivity contribution is 0.834. The van der Waals surface area contributed by atoms with Gasteiger partial charge in [-0.15, -0.1) is 10.2 Å². The molecule has 6 aromatic rings. The van der Waals surface area contributed by atoms with Crippen molar-refractivity contribution in [2.75, 3.05) is 0 Å². The second-order valence-electron chi connectivity index (χ2n) is 7.49. The van der Waals surface area contributed by atoms with Gasteiger partial charge >= 0.3 is 0 Å². The van der Waals surface area contributed by atoms with E-state index in [1.807, 2.05) is 30.5 Å². The van der Waals surface area contributed by atoms with E-state index < -0.39 is 0 Å². The molecule has 0 aliphatic carbocycles. The minimum Gasteiger partial charge on any atom is -0.354 e. The molecule has 4 aromatic heterocycles. The summed E-state index contributed by atoms with van der Waals surface area (Å²) in [7, 11) is 0. The van der Waals surface area contributed by atoms with E-state index in [0.717, 1.165) is 39.1 Å². The molecular weight excluding hydrogens is 386 g/mol. The van der Waals surface area contributed by atoms with E-state index in [1.54, 1.807) is 10.6 Å². The quantitative estimate of drug-likeness (QED) is 0.426. The Hall–Kier alpha value is -4.39. The van der Waals surface area contributed by atoms with E-state index >= 15 is 0 Å². The van der Waals surface area contributed by atoms with Crippen LogP contribution in [0.5, 0.6) is 0 Å². The van der Waals surface area contributed by atoms with Crippen LogP contribution in [0.2, 0.25) is 0 Å². The zero-order valence-electron chi connectivity index (χ0n) is 16.4. The fourth-order valence-electron chi connectivity index (χ4n) is 3.88. The third kappa shape index (κ3) is 3.03. The number of rotatable bonds is 4. The summed E-state index contributed by atoms with van der Waals surface area (Å²) in [6, 6.07) is 22.3. The van der Waals surface area contributed by atoms with Crippen LogP contribution in [0.25, 0.3) is 38.7 Å². The number of benzene rings is 2. The van der Waals surface area contributed by atoms with E-state index in [4.69, 9.17) is 5.41 Å². The Morgan fingerprint density at radius 1 is 0.935 bits per heavy atom. The number of para-hydroxylation sites is 1. The number of aromatic amines is 1. The van der Waals surface area contributed by atoms with Crippen LogP contribution in [-0.4, -0.2) is 36.0 Å². The van der Waals surface area contributed by atoms with E-state index in [9.17, 15) is 0 Å². The molecule has 7 nitrogen and oxygen atoms in total. The molecule has 2 aromatic carbocycles. The van der Waals surface area contributed by atoms with Gasteiger partial charge in [0.2, 0.25) is 0 Å². The lowest BCUT2D eigenvalue weighted by Gasteiger charge is -2.05. The van der Waals surface area contributed by atoms with Crippen LogP contribution in [0.15, 0.2) is 72.9 Å². The summed E-state index contributed by atoms with van der Waals surface area (Å²) in [5.41, 5.74) is 6.49. The van der Waals surface area contributed by atoms with Crippen LogP contribution in [-0.2, 0) is 6.42 Å². The Morgan fingerprint density at radius 3 is 2.77 bits per heavy atom. The summed E-state index contributed by atoms with van der Waals surface area (Å²) in [5.74, 6) is 0.734. The van der Waals surface area contributed by atoms with Crippen molar-refractivity contribution < 1.29 is 0 Å². The van der Waals surface area contributed by atoms with Crippen LogP contribution in [0, 0.1) is 5.41 Å². The number of hydrogen-bond acceptors (Lipinski definition) is 5. The Balaban J connectivity index is 1.39. The SMILES string of the molecule is N=Cc1ccc2nnc(Cc3ccc4ncc(-c5cc6ccccc6[nH]5)cc4c3)n2n1. The molecule has 0 saturated carbocycles. The highest BCUT2D eigenvalue weighted by atomic mass is 15.4. The van der Waals surface area contributed by atoms with Crippen LogP contribution >= 0.6 is 0 Å². The van der Waals surface area contributed by atoms with Crippen molar-refractivity contribution in [3.8, 4) is 11.3 Å². The average Bonchev–Trinajstić information content (AvgIpc) is 3.42. The van der Waals surface area contributed by atoms with Crippen LogP contribution < -0.4 is 0 Å². The lowest BCUT2D eigenvalue weighted by Crippen LogP contribution is -2.02. The molecule has 0 spiro atoms. The van der Waals surface area contributed by atoms with E-state index in [2.05, 4.69) is 61.7 Å². The minimum atomic E-state index is 0.569. The molecule has 0 amide bonds. The van der Waals surface area contributed by atoms with Crippen molar-refractivity contribution >= 4 is 33.7 Å². The summed E-state index contributed by atoms with van der Waals surface area (Å²) in [6.07, 6.45) is 3.71. The molecule has 0 atom stereocenters. The van der Waals surface area contributed by atoms with Crippen molar-refractivity contribution in [2.45, 2.75) is 6.42 Å². The highest BCUT2D eigenvalue weighted by Crippen LogP contribution is 2.26. The van der Waals surface area contributed by atoms with Gasteiger partial charge in [-0.25, -0.2) is 0 Å². The molecule has 7 heteroatoms. The normalized spacial score (nSPS) is 11.5. The summed E-state index contributed by atoms with van der Waals surface area (Å²) in [6.45, 7) is 0. The zero-order chi connectivity index (χ0) is 20.8. The topological polar surface area (TPSA) is 95.6 Å². The highest BCUT2D eigenvalue weighted by molar-refractivity contribution is 5.89. The van der Waals surface area contributed by atoms with Crippen LogP contribution in [0.4, 0.5) is 0 Å². The number of pyridine rings is 1. The predicted octanol–water partition coefficient (Wildman–Crippen LogP) is 4.41. The lowest BCUT2D eigenvalue weighted by atomic mass is 10.1. The molecule has 0 radical (unpaired) electrons. The first-order chi connectivity index (χ1) is 15.3. The molecule has 4 heterocycles. The maximum Gasteiger partial charge on any atom is 0.177 e. The predicted molar refractivity (Wildman–Crippen MR) is 121 cm³/mol. The molecule has 0 aliphatic rings. The van der Waals surface area contributed by atoms with Gasteiger partial charge in [0.15, 0.2) is 11.5 Å². The second-order valence-corrected chi connectivity index (χ2v) is 7.49. The van der Waals surface area contributed by atoms with Crippen molar-refractivity contribution in [3.63, 3.8) is 0 Å². The third-order valence-electron chi connectivity index (χ3n) is 5.44. The number of aromatic nitrogens is 6. The van der Waals surface area contributed by atoms with E-state index in [1.165, 1.54) is 11.6 Å². The van der Waals surface area contributed by atoms with Gasteiger partial charge in [-0.05, 0) is 48.0 Å². The molecule has 148 valence electrons. The van der Waals surface area contributed by atoms with Gasteiger partial charge in [-0.3, -0.25) is 4.98 Å². The fourth-order valence-corrected chi connectivity index (χ4v) is 3.88. The summed E-state index contributed by atoms with van der Waals surface area (Å²) in [5, 5.41) is 22.6. The van der Waals surface area contributed by atoms with Gasteiger partial charge in [-0.2, -0.15) is 9.61 Å². The number of nitrogens with one attached hydrogen (secondary N) is 2. The first-order valence-corrected chi connectivity index (χ1v) is 9.95. The molecule has 6 rings (SSSR count). The van der Waals surface area contributed by atoms with Gasteiger partial charge < -0.3 is 10.4 Å². The molecule has 0 saturated heterocycles. The average molecular weight is 403 g/mol. The summed E-state index contributed by atoms with van der Waals surface area (Å²) >= 11 is 0. The third-order valence-corrected chi connectivity index (χ3v) is 5.44. The second kappa shape index (κ2) is 6.84. The summed E-state index contributed by atoms with van der Waals surface area (Å²) in [4.78, 5) is 8.12. The highest BCUT2D eigenvalue weighted by Gasteiger charge is 2.10. The minimum absolute atomic E-state index is 0.569. The zero-order valence-corrected chi connectivity index (χ0v) is 16.4. The number of hydrogen-bond donors (Lipinski definition) is 2. The Bertz CT molecular complexity index is 1560. The van der Waals surface area contributed by atoms with Gasteiger partial charge in [-0.1, -0.05) is 24.3 Å². The Labute approximate surface area is 176 Å². The molecule has 0 fully saturated rings. The summed E-state index contributed by atoms with van der Waals surface area (Å²) < 4.78 is 1.70. The number of nitrogens with zero attached hydrogens (tertiary/aromatic N) is 5. The number of fused-ring (bicyclic) bond motifs is 3. The standard InChI is InChI=1S/C24H17N7/c25-13-19-6-8-23-28-29-24(31(23)30-19)10-15-5-7-20-17(9-15)11-18(14-26-20)22-12-16-3-1-2-4-21(16)27-22/h1-9,11-14,25,27H,10H2. The first kappa shape index (κ1) is 17.5. The largest absolute Gasteiger partial charge is 0.354 e. The van der Waals surface area contributed by atoms with Crippen molar-refractivity contribution in [1.82, 2.24) is 29.8 Å². The number of H-pyrrole nitrogens is 1. The molecule has 0 unspecified atom stereocenters. The molecule has 2 N–H and O–H groups in total. The van der Waals surface area contributed by atoms with Crippen molar-refractivity contribution in [2.24, 2.45) is 0 Å². The maximum atomic E-state index is 7.43. The Kier molecular flexibility index (Phi) is 3.86. The van der Waals surface area contributed by atoms with Crippen LogP contribution in [0.3, 0.4) is 0 Å². The van der Waals surface area contributed by atoms with Crippen molar-refractivity contribution in [3.05, 3.63) is 90.0 Å². The van der Waals surface area contributed by atoms with Gasteiger partial charge in [0.25, 0.3) is 0 Å². The molecular formula is C24H17N7. The first-order valence-electron chi connectivity index (χ1n) is 9.95. The maximum absolute atomic E-state index is 7.43. The molecule has 31 heavy (non-hydrogen) atoms. The van der Waals surface area contributed by atoms with Gasteiger partial charge in [0.1, 0.15) is 5.69 Å². The van der Waals surface area contributed by atoms with E-state index in [-0.39, 0.29) is 0 Å². The van der Waals surface area contributed by atoms with Crippen molar-refractivity contribution in [1.29, 1.82) is 5.41 Å². The Morgan fingerprint density at radius 2 is 1.87 bits per heavy atom. The molecule has 0 aliphatic heterocycles. The monoisotopic (exact) mass is 403 g/mol. The molecule has 0 bridgehead atoms.